The van der Waals surface area contributed by atoms with Crippen LogP contribution in [0.1, 0.15) is 5.56 Å². The molecule has 23 heavy (non-hydrogen) atoms. The lowest BCUT2D eigenvalue weighted by Crippen LogP contribution is -2.11. The standard InChI is InChI=1S/C15H13Cl2N3O2S/c1-23(21,22)20-8-19-14-5-4-10(12(7-18)15(14)20)11-3-2-9(16)6-13(11)17/h2-6,8H,7,18H2,1H3. The van der Waals surface area contributed by atoms with Crippen LogP contribution in [0.3, 0.4) is 0 Å². The number of hydrogen-bond acceptors (Lipinski definition) is 4. The van der Waals surface area contributed by atoms with Gasteiger partial charge in [-0.15, -0.1) is 0 Å². The SMILES string of the molecule is CS(=O)(=O)n1cnc2ccc(-c3ccc(Cl)cc3Cl)c(CN)c21. The first-order chi connectivity index (χ1) is 10.8. The molecule has 0 aliphatic rings. The zero-order valence-corrected chi connectivity index (χ0v) is 14.5. The van der Waals surface area contributed by atoms with Gasteiger partial charge in [-0.2, -0.15) is 0 Å². The van der Waals surface area contributed by atoms with Crippen LogP contribution in [-0.2, 0) is 16.6 Å². The molecule has 0 spiro atoms. The highest BCUT2D eigenvalue weighted by atomic mass is 35.5. The Kier molecular flexibility index (Phi) is 4.10. The van der Waals surface area contributed by atoms with Gasteiger partial charge in [-0.25, -0.2) is 17.4 Å². The molecule has 0 fully saturated rings. The molecule has 0 unspecified atom stereocenters. The van der Waals surface area contributed by atoms with Crippen LogP contribution in [0.2, 0.25) is 10.0 Å². The Bertz CT molecular complexity index is 1010. The summed E-state index contributed by atoms with van der Waals surface area (Å²) in [6.45, 7) is 0.146. The molecule has 0 radical (unpaired) electrons. The van der Waals surface area contributed by atoms with Crippen molar-refractivity contribution in [2.45, 2.75) is 6.54 Å². The van der Waals surface area contributed by atoms with Gasteiger partial charge in [0.25, 0.3) is 0 Å². The summed E-state index contributed by atoms with van der Waals surface area (Å²) >= 11 is 12.2. The largest absolute Gasteiger partial charge is 0.326 e. The molecule has 3 aromatic rings. The molecule has 2 N–H and O–H groups in total. The van der Waals surface area contributed by atoms with Gasteiger partial charge in [0.1, 0.15) is 6.33 Å². The third-order valence-corrected chi connectivity index (χ3v) is 5.11. The number of aromatic nitrogens is 2. The van der Waals surface area contributed by atoms with Crippen molar-refractivity contribution >= 4 is 44.3 Å². The maximum Gasteiger partial charge on any atom is 0.237 e. The fraction of sp³-hybridized carbons (Fsp3) is 0.133. The molecule has 0 saturated carbocycles. The number of halogens is 2. The Morgan fingerprint density at radius 3 is 2.48 bits per heavy atom. The van der Waals surface area contributed by atoms with Crippen molar-refractivity contribution in [3.8, 4) is 11.1 Å². The Balaban J connectivity index is 2.39. The fourth-order valence-electron chi connectivity index (χ4n) is 2.56. The summed E-state index contributed by atoms with van der Waals surface area (Å²) in [5.41, 5.74) is 9.09. The third kappa shape index (κ3) is 2.83. The summed E-state index contributed by atoms with van der Waals surface area (Å²) < 4.78 is 25.1. The van der Waals surface area contributed by atoms with Gasteiger partial charge < -0.3 is 5.73 Å². The van der Waals surface area contributed by atoms with Crippen LogP contribution in [0.4, 0.5) is 0 Å². The molecule has 8 heteroatoms. The summed E-state index contributed by atoms with van der Waals surface area (Å²) in [6, 6.07) is 8.72. The number of nitrogens with two attached hydrogens (primary N) is 1. The number of imidazole rings is 1. The van der Waals surface area contributed by atoms with Crippen molar-refractivity contribution in [3.05, 3.63) is 52.3 Å². The Labute approximate surface area is 143 Å². The number of fused-ring (bicyclic) bond motifs is 1. The van der Waals surface area contributed by atoms with E-state index in [-0.39, 0.29) is 6.54 Å². The predicted molar refractivity (Wildman–Crippen MR) is 93.3 cm³/mol. The first-order valence-electron chi connectivity index (χ1n) is 6.68. The molecule has 2 aromatic carbocycles. The van der Waals surface area contributed by atoms with Crippen LogP contribution in [0.15, 0.2) is 36.7 Å². The third-order valence-electron chi connectivity index (χ3n) is 3.57. The minimum absolute atomic E-state index is 0.146. The molecule has 0 aliphatic carbocycles. The second-order valence-corrected chi connectivity index (χ2v) is 7.79. The van der Waals surface area contributed by atoms with Crippen molar-refractivity contribution < 1.29 is 8.42 Å². The molecule has 3 rings (SSSR count). The van der Waals surface area contributed by atoms with Crippen LogP contribution < -0.4 is 5.73 Å². The quantitative estimate of drug-likeness (QED) is 0.768. The normalized spacial score (nSPS) is 12.0. The second-order valence-electron chi connectivity index (χ2n) is 5.09. The Morgan fingerprint density at radius 1 is 1.17 bits per heavy atom. The summed E-state index contributed by atoms with van der Waals surface area (Å²) in [5, 5.41) is 0.993. The minimum Gasteiger partial charge on any atom is -0.326 e. The van der Waals surface area contributed by atoms with Crippen molar-refractivity contribution in [2.75, 3.05) is 6.26 Å². The molecule has 1 heterocycles. The maximum atomic E-state index is 12.0. The van der Waals surface area contributed by atoms with Crippen molar-refractivity contribution in [3.63, 3.8) is 0 Å². The van der Waals surface area contributed by atoms with Gasteiger partial charge in [-0.05, 0) is 23.8 Å². The molecule has 0 bridgehead atoms. The van der Waals surface area contributed by atoms with E-state index in [4.69, 9.17) is 28.9 Å². The van der Waals surface area contributed by atoms with Gasteiger partial charge in [0.15, 0.2) is 0 Å². The highest BCUT2D eigenvalue weighted by Crippen LogP contribution is 2.35. The number of benzene rings is 2. The van der Waals surface area contributed by atoms with E-state index in [0.29, 0.717) is 26.6 Å². The Morgan fingerprint density at radius 2 is 1.87 bits per heavy atom. The van der Waals surface area contributed by atoms with Gasteiger partial charge in [-0.1, -0.05) is 35.3 Å². The lowest BCUT2D eigenvalue weighted by molar-refractivity contribution is 0.594. The monoisotopic (exact) mass is 369 g/mol. The summed E-state index contributed by atoms with van der Waals surface area (Å²) in [5.74, 6) is 0. The van der Waals surface area contributed by atoms with E-state index in [2.05, 4.69) is 4.98 Å². The first kappa shape index (κ1) is 16.3. The minimum atomic E-state index is -3.49. The van der Waals surface area contributed by atoms with Crippen LogP contribution >= 0.6 is 23.2 Å². The van der Waals surface area contributed by atoms with E-state index in [0.717, 1.165) is 21.4 Å². The van der Waals surface area contributed by atoms with E-state index in [9.17, 15) is 8.42 Å². The average Bonchev–Trinajstić information content (AvgIpc) is 2.90. The summed E-state index contributed by atoms with van der Waals surface area (Å²) in [7, 11) is -3.49. The van der Waals surface area contributed by atoms with Gasteiger partial charge in [0, 0.05) is 27.7 Å². The molecule has 120 valence electrons. The lowest BCUT2D eigenvalue weighted by Gasteiger charge is -2.13. The molecule has 0 aliphatic heterocycles. The van der Waals surface area contributed by atoms with E-state index in [1.807, 2.05) is 6.07 Å². The zero-order valence-electron chi connectivity index (χ0n) is 12.1. The summed E-state index contributed by atoms with van der Waals surface area (Å²) in [6.07, 6.45) is 2.41. The highest BCUT2D eigenvalue weighted by Gasteiger charge is 2.18. The first-order valence-corrected chi connectivity index (χ1v) is 9.28. The zero-order chi connectivity index (χ0) is 16.8. The second kappa shape index (κ2) is 5.79. The van der Waals surface area contributed by atoms with Crippen LogP contribution in [-0.4, -0.2) is 23.6 Å². The highest BCUT2D eigenvalue weighted by molar-refractivity contribution is 7.89. The van der Waals surface area contributed by atoms with Crippen LogP contribution in [0, 0.1) is 0 Å². The Hall–Kier alpha value is -1.60. The number of rotatable bonds is 3. The van der Waals surface area contributed by atoms with Gasteiger partial charge >= 0.3 is 0 Å². The van der Waals surface area contributed by atoms with Crippen LogP contribution in [0.5, 0.6) is 0 Å². The van der Waals surface area contributed by atoms with E-state index < -0.39 is 10.0 Å². The van der Waals surface area contributed by atoms with Crippen LogP contribution in [0.25, 0.3) is 22.2 Å². The van der Waals surface area contributed by atoms with Gasteiger partial charge in [0.05, 0.1) is 17.3 Å². The number of nitrogens with zero attached hydrogens (tertiary/aromatic N) is 2. The van der Waals surface area contributed by atoms with E-state index in [1.165, 1.54) is 6.33 Å². The summed E-state index contributed by atoms with van der Waals surface area (Å²) in [4.78, 5) is 4.14. The maximum absolute atomic E-state index is 12.0. The van der Waals surface area contributed by atoms with Crippen molar-refractivity contribution in [2.24, 2.45) is 5.73 Å². The lowest BCUT2D eigenvalue weighted by atomic mass is 9.98. The number of hydrogen-bond donors (Lipinski definition) is 1. The average molecular weight is 370 g/mol. The topological polar surface area (TPSA) is 78.0 Å². The molecule has 0 atom stereocenters. The van der Waals surface area contributed by atoms with Crippen molar-refractivity contribution in [1.82, 2.24) is 8.96 Å². The molecule has 0 saturated heterocycles. The molecular formula is C15H13Cl2N3O2S. The predicted octanol–water partition coefficient (Wildman–Crippen LogP) is 3.28. The molecule has 5 nitrogen and oxygen atoms in total. The van der Waals surface area contributed by atoms with E-state index >= 15 is 0 Å². The van der Waals surface area contributed by atoms with E-state index in [1.54, 1.807) is 24.3 Å². The smallest absolute Gasteiger partial charge is 0.237 e. The molecule has 0 amide bonds. The molecular weight excluding hydrogens is 357 g/mol. The fourth-order valence-corrected chi connectivity index (χ4v) is 3.83. The molecule has 1 aromatic heterocycles. The van der Waals surface area contributed by atoms with Gasteiger partial charge in [-0.3, -0.25) is 0 Å². The van der Waals surface area contributed by atoms with Gasteiger partial charge in [0.2, 0.25) is 10.0 Å². The van der Waals surface area contributed by atoms with Crippen molar-refractivity contribution in [1.29, 1.82) is 0 Å².